The maximum Gasteiger partial charge on any atom is 0.243 e. The predicted octanol–water partition coefficient (Wildman–Crippen LogP) is 1.62. The van der Waals surface area contributed by atoms with Gasteiger partial charge in [-0.2, -0.15) is 5.10 Å². The van der Waals surface area contributed by atoms with E-state index in [9.17, 15) is 4.79 Å². The molecule has 0 spiro atoms. The molecule has 19 heavy (non-hydrogen) atoms. The van der Waals surface area contributed by atoms with Crippen molar-refractivity contribution in [3.63, 3.8) is 0 Å². The van der Waals surface area contributed by atoms with Gasteiger partial charge in [0, 0.05) is 23.9 Å². The largest absolute Gasteiger partial charge is 0.373 e. The summed E-state index contributed by atoms with van der Waals surface area (Å²) in [6.45, 7) is 1.95. The number of aromatic amines is 1. The number of carbonyl (C=O) groups excluding carboxylic acids is 1. The number of nitrogens with one attached hydrogen (secondary N) is 3. The van der Waals surface area contributed by atoms with Gasteiger partial charge in [0.25, 0.3) is 0 Å². The molecular formula is C14H16N4O. The third kappa shape index (κ3) is 2.31. The van der Waals surface area contributed by atoms with Crippen molar-refractivity contribution in [1.29, 1.82) is 0 Å². The normalized spacial score (nSPS) is 18.5. The fraction of sp³-hybridized carbons (Fsp3) is 0.286. The first-order valence-electron chi connectivity index (χ1n) is 6.37. The Morgan fingerprint density at radius 2 is 2.32 bits per heavy atom. The van der Waals surface area contributed by atoms with Crippen molar-refractivity contribution >= 4 is 11.6 Å². The highest BCUT2D eigenvalue weighted by Crippen LogP contribution is 2.25. The molecule has 3 rings (SSSR count). The van der Waals surface area contributed by atoms with Crippen LogP contribution >= 0.6 is 0 Å². The molecule has 1 aromatic heterocycles. The molecule has 98 valence electrons. The Labute approximate surface area is 111 Å². The lowest BCUT2D eigenvalue weighted by atomic mass is 10.1. The van der Waals surface area contributed by atoms with Crippen LogP contribution in [0.15, 0.2) is 36.7 Å². The minimum Gasteiger partial charge on any atom is -0.373 e. The average Bonchev–Trinajstić information content (AvgIpc) is 3.07. The number of rotatable bonds is 3. The Morgan fingerprint density at radius 3 is 3.05 bits per heavy atom. The van der Waals surface area contributed by atoms with Gasteiger partial charge in [-0.3, -0.25) is 9.89 Å². The van der Waals surface area contributed by atoms with Gasteiger partial charge in [-0.1, -0.05) is 18.2 Å². The molecule has 1 aliphatic rings. The number of H-pyrrole nitrogens is 1. The number of anilines is 1. The molecule has 1 unspecified atom stereocenters. The van der Waals surface area contributed by atoms with Crippen molar-refractivity contribution in [2.45, 2.75) is 25.4 Å². The van der Waals surface area contributed by atoms with Gasteiger partial charge in [0.05, 0.1) is 12.2 Å². The molecule has 1 aliphatic heterocycles. The van der Waals surface area contributed by atoms with E-state index in [1.807, 2.05) is 25.1 Å². The molecule has 2 aromatic rings. The number of benzene rings is 1. The Bertz CT molecular complexity index is 554. The Balaban J connectivity index is 1.64. The van der Waals surface area contributed by atoms with Crippen molar-refractivity contribution in [1.82, 2.24) is 15.5 Å². The first kappa shape index (κ1) is 11.8. The zero-order valence-corrected chi connectivity index (χ0v) is 10.7. The number of para-hydroxylation sites is 1. The van der Waals surface area contributed by atoms with Crippen molar-refractivity contribution in [2.24, 2.45) is 0 Å². The van der Waals surface area contributed by atoms with Crippen LogP contribution in [0.25, 0.3) is 0 Å². The van der Waals surface area contributed by atoms with Crippen molar-refractivity contribution < 1.29 is 4.79 Å². The van der Waals surface area contributed by atoms with E-state index in [-0.39, 0.29) is 18.0 Å². The number of amides is 1. The molecule has 2 heterocycles. The number of fused-ring (bicyclic) bond motifs is 1. The van der Waals surface area contributed by atoms with Crippen LogP contribution in [-0.4, -0.2) is 22.1 Å². The van der Waals surface area contributed by atoms with E-state index < -0.39 is 0 Å². The molecule has 0 saturated heterocycles. The molecule has 5 nitrogen and oxygen atoms in total. The van der Waals surface area contributed by atoms with Crippen LogP contribution in [0.3, 0.4) is 0 Å². The van der Waals surface area contributed by atoms with Crippen LogP contribution in [0, 0.1) is 0 Å². The minimum atomic E-state index is -0.188. The highest BCUT2D eigenvalue weighted by Gasteiger charge is 2.27. The fourth-order valence-corrected chi connectivity index (χ4v) is 2.35. The van der Waals surface area contributed by atoms with E-state index in [0.717, 1.165) is 17.7 Å². The van der Waals surface area contributed by atoms with Gasteiger partial charge < -0.3 is 10.6 Å². The lowest BCUT2D eigenvalue weighted by molar-refractivity contribution is -0.122. The summed E-state index contributed by atoms with van der Waals surface area (Å²) in [6, 6.07) is 7.79. The van der Waals surface area contributed by atoms with Gasteiger partial charge in [0.1, 0.15) is 6.04 Å². The molecule has 1 amide bonds. The summed E-state index contributed by atoms with van der Waals surface area (Å²) < 4.78 is 0. The standard InChI is InChI=1S/C14H16N4O/c1-9(11-7-15-16-8-11)17-14(19)13-6-10-4-2-3-5-12(10)18-13/h2-5,7-9,13,18H,6H2,1H3,(H,15,16)(H,17,19)/t9?,13-/m0/s1. The topological polar surface area (TPSA) is 69.8 Å². The highest BCUT2D eigenvalue weighted by atomic mass is 16.2. The summed E-state index contributed by atoms with van der Waals surface area (Å²) in [5.41, 5.74) is 3.22. The number of hydrogen-bond donors (Lipinski definition) is 3. The minimum absolute atomic E-state index is 0.0184. The van der Waals surface area contributed by atoms with Crippen molar-refractivity contribution in [3.8, 4) is 0 Å². The number of aromatic nitrogens is 2. The fourth-order valence-electron chi connectivity index (χ4n) is 2.35. The zero-order valence-electron chi connectivity index (χ0n) is 10.7. The van der Waals surface area contributed by atoms with E-state index in [1.165, 1.54) is 5.56 Å². The second kappa shape index (κ2) is 4.76. The van der Waals surface area contributed by atoms with Gasteiger partial charge >= 0.3 is 0 Å². The maximum absolute atomic E-state index is 12.2. The van der Waals surface area contributed by atoms with Gasteiger partial charge in [0.15, 0.2) is 0 Å². The third-order valence-corrected chi connectivity index (χ3v) is 3.47. The molecule has 1 aromatic carbocycles. The third-order valence-electron chi connectivity index (χ3n) is 3.47. The van der Waals surface area contributed by atoms with Crippen molar-refractivity contribution in [3.05, 3.63) is 47.8 Å². The Hall–Kier alpha value is -2.30. The van der Waals surface area contributed by atoms with Crippen LogP contribution in [0.2, 0.25) is 0 Å². The number of nitrogens with zero attached hydrogens (tertiary/aromatic N) is 1. The van der Waals surface area contributed by atoms with Crippen LogP contribution in [0.4, 0.5) is 5.69 Å². The van der Waals surface area contributed by atoms with Gasteiger partial charge in [-0.05, 0) is 18.6 Å². The zero-order chi connectivity index (χ0) is 13.2. The van der Waals surface area contributed by atoms with Gasteiger partial charge in [0.2, 0.25) is 5.91 Å². The number of hydrogen-bond acceptors (Lipinski definition) is 3. The van der Waals surface area contributed by atoms with Gasteiger partial charge in [-0.15, -0.1) is 0 Å². The second-order valence-corrected chi connectivity index (χ2v) is 4.82. The number of carbonyl (C=O) groups is 1. The molecule has 0 saturated carbocycles. The highest BCUT2D eigenvalue weighted by molar-refractivity contribution is 5.87. The summed E-state index contributed by atoms with van der Waals surface area (Å²) in [6.07, 6.45) is 4.25. The molecule has 0 aliphatic carbocycles. The summed E-state index contributed by atoms with van der Waals surface area (Å²) in [7, 11) is 0. The van der Waals surface area contributed by atoms with E-state index >= 15 is 0 Å². The lowest BCUT2D eigenvalue weighted by Gasteiger charge is -2.16. The molecule has 3 N–H and O–H groups in total. The summed E-state index contributed by atoms with van der Waals surface area (Å²) in [4.78, 5) is 12.2. The first-order valence-corrected chi connectivity index (χ1v) is 6.37. The van der Waals surface area contributed by atoms with E-state index in [4.69, 9.17) is 0 Å². The summed E-state index contributed by atoms with van der Waals surface area (Å²) >= 11 is 0. The van der Waals surface area contributed by atoms with Crippen LogP contribution in [0.1, 0.15) is 24.1 Å². The second-order valence-electron chi connectivity index (χ2n) is 4.82. The Morgan fingerprint density at radius 1 is 1.47 bits per heavy atom. The van der Waals surface area contributed by atoms with Gasteiger partial charge in [-0.25, -0.2) is 0 Å². The lowest BCUT2D eigenvalue weighted by Crippen LogP contribution is -2.39. The molecule has 0 radical (unpaired) electrons. The molecule has 5 heteroatoms. The SMILES string of the molecule is CC(NC(=O)[C@@H]1Cc2ccccc2N1)c1cn[nH]c1. The maximum atomic E-state index is 12.2. The molecule has 0 bridgehead atoms. The summed E-state index contributed by atoms with van der Waals surface area (Å²) in [5, 5.41) is 12.9. The molecular weight excluding hydrogens is 240 g/mol. The first-order chi connectivity index (χ1) is 9.24. The van der Waals surface area contributed by atoms with E-state index in [2.05, 4.69) is 26.9 Å². The Kier molecular flexibility index (Phi) is 2.95. The summed E-state index contributed by atoms with van der Waals surface area (Å²) in [5.74, 6) is 0.0184. The average molecular weight is 256 g/mol. The van der Waals surface area contributed by atoms with Crippen LogP contribution < -0.4 is 10.6 Å². The predicted molar refractivity (Wildman–Crippen MR) is 72.7 cm³/mol. The van der Waals surface area contributed by atoms with E-state index in [1.54, 1.807) is 12.4 Å². The van der Waals surface area contributed by atoms with Crippen LogP contribution in [0.5, 0.6) is 0 Å². The van der Waals surface area contributed by atoms with Crippen LogP contribution in [-0.2, 0) is 11.2 Å². The monoisotopic (exact) mass is 256 g/mol. The molecule has 2 atom stereocenters. The quantitative estimate of drug-likeness (QED) is 0.781. The molecule has 0 fully saturated rings. The van der Waals surface area contributed by atoms with E-state index in [0.29, 0.717) is 0 Å². The smallest absolute Gasteiger partial charge is 0.243 e. The van der Waals surface area contributed by atoms with Crippen molar-refractivity contribution in [2.75, 3.05) is 5.32 Å².